The first-order valence-corrected chi connectivity index (χ1v) is 5.52. The zero-order valence-electron chi connectivity index (χ0n) is 10.7. The highest BCUT2D eigenvalue weighted by atomic mass is 16.5. The van der Waals surface area contributed by atoms with Crippen LogP contribution in [0.5, 0.6) is 17.8 Å². The van der Waals surface area contributed by atoms with Gasteiger partial charge in [-0.15, -0.1) is 4.98 Å². The topological polar surface area (TPSA) is 92.4 Å². The van der Waals surface area contributed by atoms with E-state index in [4.69, 9.17) is 19.9 Å². The molecule has 0 bridgehead atoms. The number of hydrogen-bond donors (Lipinski definition) is 1. The average molecular weight is 262 g/mol. The summed E-state index contributed by atoms with van der Waals surface area (Å²) >= 11 is 0. The van der Waals surface area contributed by atoms with Crippen LogP contribution in [0.15, 0.2) is 24.3 Å². The lowest BCUT2D eigenvalue weighted by Crippen LogP contribution is -2.03. The number of hydrogen-bond acceptors (Lipinski definition) is 7. The first-order valence-electron chi connectivity index (χ1n) is 5.52. The Morgan fingerprint density at radius 2 is 1.89 bits per heavy atom. The van der Waals surface area contributed by atoms with Crippen LogP contribution in [0.3, 0.4) is 0 Å². The van der Waals surface area contributed by atoms with E-state index in [-0.39, 0.29) is 18.0 Å². The fraction of sp³-hybridized carbons (Fsp3) is 0.250. The predicted octanol–water partition coefficient (Wildman–Crippen LogP) is 1.40. The molecular formula is C12H14N4O3. The molecule has 2 rings (SSSR count). The predicted molar refractivity (Wildman–Crippen MR) is 68.0 cm³/mol. The lowest BCUT2D eigenvalue weighted by molar-refractivity contribution is 0.184. The summed E-state index contributed by atoms with van der Waals surface area (Å²) in [5, 5.41) is 0. The largest absolute Gasteiger partial charge is 0.467 e. The molecule has 0 aliphatic heterocycles. The number of rotatable bonds is 5. The number of benzene rings is 1. The van der Waals surface area contributed by atoms with Gasteiger partial charge in [-0.2, -0.15) is 9.97 Å². The quantitative estimate of drug-likeness (QED) is 0.870. The molecule has 1 heterocycles. The third-order valence-electron chi connectivity index (χ3n) is 2.21. The van der Waals surface area contributed by atoms with Crippen LogP contribution < -0.4 is 15.2 Å². The highest BCUT2D eigenvalue weighted by molar-refractivity contribution is 5.31. The molecule has 0 aliphatic rings. The van der Waals surface area contributed by atoms with Gasteiger partial charge >= 0.3 is 12.0 Å². The van der Waals surface area contributed by atoms with Gasteiger partial charge < -0.3 is 19.9 Å². The Balaban J connectivity index is 2.20. The van der Waals surface area contributed by atoms with E-state index < -0.39 is 0 Å². The van der Waals surface area contributed by atoms with Crippen LogP contribution in [-0.4, -0.2) is 29.2 Å². The molecule has 0 radical (unpaired) electrons. The van der Waals surface area contributed by atoms with E-state index in [1.807, 2.05) is 18.2 Å². The minimum atomic E-state index is 0.0369. The van der Waals surface area contributed by atoms with Gasteiger partial charge in [0, 0.05) is 7.11 Å². The second-order valence-corrected chi connectivity index (χ2v) is 3.65. The molecule has 1 aromatic carbocycles. The smallest absolute Gasteiger partial charge is 0.330 e. The number of nitrogens with two attached hydrogens (primary N) is 1. The normalized spacial score (nSPS) is 10.2. The standard InChI is InChI=1S/C12H14N4O3/c1-17-7-8-4-3-5-9(6-8)19-12-15-10(13)14-11(16-12)18-2/h3-6H,7H2,1-2H3,(H2,13,14,15,16). The molecule has 100 valence electrons. The van der Waals surface area contributed by atoms with Crippen molar-refractivity contribution in [1.29, 1.82) is 0 Å². The van der Waals surface area contributed by atoms with Crippen molar-refractivity contribution in [2.75, 3.05) is 20.0 Å². The molecule has 2 N–H and O–H groups in total. The van der Waals surface area contributed by atoms with Crippen LogP contribution in [0.25, 0.3) is 0 Å². The summed E-state index contributed by atoms with van der Waals surface area (Å²) in [5.74, 6) is 0.622. The van der Waals surface area contributed by atoms with Crippen LogP contribution in [0.1, 0.15) is 5.56 Å². The monoisotopic (exact) mass is 262 g/mol. The van der Waals surface area contributed by atoms with Crippen molar-refractivity contribution in [2.24, 2.45) is 0 Å². The molecule has 0 saturated carbocycles. The Morgan fingerprint density at radius 3 is 2.63 bits per heavy atom. The Kier molecular flexibility index (Phi) is 4.09. The van der Waals surface area contributed by atoms with E-state index in [9.17, 15) is 0 Å². The Labute approximate surface area is 110 Å². The van der Waals surface area contributed by atoms with E-state index in [1.54, 1.807) is 13.2 Å². The minimum absolute atomic E-state index is 0.0369. The fourth-order valence-electron chi connectivity index (χ4n) is 1.46. The molecule has 0 spiro atoms. The van der Waals surface area contributed by atoms with Crippen molar-refractivity contribution >= 4 is 5.95 Å². The number of aromatic nitrogens is 3. The summed E-state index contributed by atoms with van der Waals surface area (Å²) < 4.78 is 15.5. The van der Waals surface area contributed by atoms with E-state index in [1.165, 1.54) is 7.11 Å². The Morgan fingerprint density at radius 1 is 1.11 bits per heavy atom. The number of nitrogen functional groups attached to an aromatic ring is 1. The highest BCUT2D eigenvalue weighted by Gasteiger charge is 2.07. The molecule has 0 saturated heterocycles. The summed E-state index contributed by atoms with van der Waals surface area (Å²) in [6, 6.07) is 7.58. The summed E-state index contributed by atoms with van der Waals surface area (Å²) in [6.45, 7) is 0.500. The lowest BCUT2D eigenvalue weighted by atomic mass is 10.2. The van der Waals surface area contributed by atoms with Crippen LogP contribution in [0.2, 0.25) is 0 Å². The second-order valence-electron chi connectivity index (χ2n) is 3.65. The molecule has 2 aromatic rings. The Bertz CT molecular complexity index is 562. The maximum atomic E-state index is 5.52. The molecule has 0 fully saturated rings. The zero-order valence-corrected chi connectivity index (χ0v) is 10.7. The molecule has 0 aliphatic carbocycles. The van der Waals surface area contributed by atoms with Crippen molar-refractivity contribution in [2.45, 2.75) is 6.61 Å². The van der Waals surface area contributed by atoms with Crippen LogP contribution in [-0.2, 0) is 11.3 Å². The summed E-state index contributed by atoms with van der Waals surface area (Å²) in [4.78, 5) is 11.6. The van der Waals surface area contributed by atoms with Crippen molar-refractivity contribution < 1.29 is 14.2 Å². The van der Waals surface area contributed by atoms with Crippen LogP contribution >= 0.6 is 0 Å². The van der Waals surface area contributed by atoms with Gasteiger partial charge in [-0.25, -0.2) is 0 Å². The van der Waals surface area contributed by atoms with Gasteiger partial charge in [0.05, 0.1) is 13.7 Å². The van der Waals surface area contributed by atoms with Gasteiger partial charge in [0.2, 0.25) is 5.95 Å². The maximum absolute atomic E-state index is 5.52. The van der Waals surface area contributed by atoms with E-state index in [0.29, 0.717) is 12.4 Å². The van der Waals surface area contributed by atoms with Gasteiger partial charge in [-0.3, -0.25) is 0 Å². The first kappa shape index (κ1) is 13.0. The van der Waals surface area contributed by atoms with Crippen LogP contribution in [0.4, 0.5) is 5.95 Å². The summed E-state index contributed by atoms with van der Waals surface area (Å²) in [7, 11) is 3.07. The zero-order chi connectivity index (χ0) is 13.7. The number of methoxy groups -OCH3 is 2. The number of anilines is 1. The van der Waals surface area contributed by atoms with Crippen molar-refractivity contribution in [1.82, 2.24) is 15.0 Å². The third kappa shape index (κ3) is 3.52. The number of nitrogens with zero attached hydrogens (tertiary/aromatic N) is 3. The van der Waals surface area contributed by atoms with Crippen molar-refractivity contribution in [3.63, 3.8) is 0 Å². The van der Waals surface area contributed by atoms with Crippen molar-refractivity contribution in [3.8, 4) is 17.8 Å². The van der Waals surface area contributed by atoms with E-state index >= 15 is 0 Å². The molecule has 1 aromatic heterocycles. The molecular weight excluding hydrogens is 248 g/mol. The van der Waals surface area contributed by atoms with Gasteiger partial charge in [0.15, 0.2) is 0 Å². The number of ether oxygens (including phenoxy) is 3. The van der Waals surface area contributed by atoms with Gasteiger partial charge in [-0.05, 0) is 17.7 Å². The molecule has 0 unspecified atom stereocenters. The second kappa shape index (κ2) is 5.96. The average Bonchev–Trinajstić information content (AvgIpc) is 2.39. The summed E-state index contributed by atoms with van der Waals surface area (Å²) in [6.07, 6.45) is 0. The highest BCUT2D eigenvalue weighted by Crippen LogP contribution is 2.21. The van der Waals surface area contributed by atoms with Crippen molar-refractivity contribution in [3.05, 3.63) is 29.8 Å². The van der Waals surface area contributed by atoms with E-state index in [2.05, 4.69) is 15.0 Å². The van der Waals surface area contributed by atoms with Crippen LogP contribution in [0, 0.1) is 0 Å². The van der Waals surface area contributed by atoms with Gasteiger partial charge in [0.1, 0.15) is 5.75 Å². The molecule has 7 nitrogen and oxygen atoms in total. The minimum Gasteiger partial charge on any atom is -0.467 e. The molecule has 0 amide bonds. The van der Waals surface area contributed by atoms with Gasteiger partial charge in [0.25, 0.3) is 0 Å². The SMILES string of the molecule is COCc1cccc(Oc2nc(N)nc(OC)n2)c1. The lowest BCUT2D eigenvalue weighted by Gasteiger charge is -2.07. The van der Waals surface area contributed by atoms with Gasteiger partial charge in [-0.1, -0.05) is 12.1 Å². The fourth-order valence-corrected chi connectivity index (χ4v) is 1.46. The molecule has 0 atom stereocenters. The van der Waals surface area contributed by atoms with E-state index in [0.717, 1.165) is 5.56 Å². The third-order valence-corrected chi connectivity index (χ3v) is 2.21. The summed E-state index contributed by atoms with van der Waals surface area (Å²) in [5.41, 5.74) is 6.50. The molecule has 7 heteroatoms. The first-order chi connectivity index (χ1) is 9.21. The maximum Gasteiger partial charge on any atom is 0.330 e. The Hall–Kier alpha value is -2.41. The molecule has 19 heavy (non-hydrogen) atoms.